The van der Waals surface area contributed by atoms with Crippen LogP contribution in [0.1, 0.15) is 51.4 Å². The fourth-order valence-electron chi connectivity index (χ4n) is 5.70. The van der Waals surface area contributed by atoms with Gasteiger partial charge in [0.25, 0.3) is 0 Å². The summed E-state index contributed by atoms with van der Waals surface area (Å²) >= 11 is 0. The van der Waals surface area contributed by atoms with E-state index in [1.807, 2.05) is 19.0 Å². The molecule has 0 saturated heterocycles. The molecule has 4 saturated carbocycles. The Morgan fingerprint density at radius 3 is 2.07 bits per heavy atom. The zero-order valence-electron chi connectivity index (χ0n) is 17.0. The van der Waals surface area contributed by atoms with Crippen LogP contribution in [0.15, 0.2) is 0 Å². The number of nitrogens with zero attached hydrogens (tertiary/aromatic N) is 1. The molecule has 0 aromatic carbocycles. The average Bonchev–Trinajstić information content (AvgIpc) is 2.60. The molecule has 0 heterocycles. The summed E-state index contributed by atoms with van der Waals surface area (Å²) in [5.74, 6) is 3.37. The van der Waals surface area contributed by atoms with Crippen molar-refractivity contribution >= 4 is 11.9 Å². The van der Waals surface area contributed by atoms with Crippen molar-refractivity contribution in [1.82, 2.24) is 4.90 Å². The lowest BCUT2D eigenvalue weighted by atomic mass is 9.51. The Balaban J connectivity index is 1.29. The standard InChI is InChI=1S/C22H36NO4/c1-15(13-26-21(24)5-4-6-23(2)3)14-27-22(25)12-20-18-8-16-7-17(10-18)11-19(20)9-16/h15-20H,1,4-14H2,2-3H3. The zero-order chi connectivity index (χ0) is 19.4. The minimum atomic E-state index is -0.203. The van der Waals surface area contributed by atoms with Crippen LogP contribution >= 0.6 is 0 Å². The zero-order valence-corrected chi connectivity index (χ0v) is 17.0. The van der Waals surface area contributed by atoms with Gasteiger partial charge >= 0.3 is 11.9 Å². The highest BCUT2D eigenvalue weighted by Gasteiger charge is 2.48. The second kappa shape index (κ2) is 9.40. The molecule has 4 rings (SSSR count). The van der Waals surface area contributed by atoms with E-state index in [4.69, 9.17) is 9.47 Å². The van der Waals surface area contributed by atoms with Crippen LogP contribution < -0.4 is 0 Å². The van der Waals surface area contributed by atoms with Crippen LogP contribution in [0, 0.1) is 42.4 Å². The molecule has 5 nitrogen and oxygen atoms in total. The Morgan fingerprint density at radius 1 is 0.963 bits per heavy atom. The van der Waals surface area contributed by atoms with Gasteiger partial charge in [-0.3, -0.25) is 9.59 Å². The second-order valence-corrected chi connectivity index (χ2v) is 9.44. The summed E-state index contributed by atoms with van der Waals surface area (Å²) in [4.78, 5) is 26.1. The summed E-state index contributed by atoms with van der Waals surface area (Å²) in [7, 11) is 3.96. The first kappa shape index (κ1) is 20.6. The summed E-state index contributed by atoms with van der Waals surface area (Å²) < 4.78 is 10.7. The van der Waals surface area contributed by atoms with E-state index in [1.54, 1.807) is 0 Å². The van der Waals surface area contributed by atoms with Crippen molar-refractivity contribution in [3.63, 3.8) is 0 Å². The van der Waals surface area contributed by atoms with Crippen LogP contribution in [0.5, 0.6) is 0 Å². The van der Waals surface area contributed by atoms with E-state index in [0.29, 0.717) is 18.8 Å². The summed E-state index contributed by atoms with van der Waals surface area (Å²) in [5.41, 5.74) is 0. The third-order valence-electron chi connectivity index (χ3n) is 6.77. The summed E-state index contributed by atoms with van der Waals surface area (Å²) in [5, 5.41) is 0. The number of esters is 2. The molecule has 0 N–H and O–H groups in total. The predicted molar refractivity (Wildman–Crippen MR) is 104 cm³/mol. The molecule has 1 unspecified atom stereocenters. The van der Waals surface area contributed by atoms with Gasteiger partial charge < -0.3 is 14.4 Å². The van der Waals surface area contributed by atoms with Gasteiger partial charge in [-0.2, -0.15) is 0 Å². The Morgan fingerprint density at radius 2 is 1.52 bits per heavy atom. The van der Waals surface area contributed by atoms with Gasteiger partial charge in [0.05, 0.1) is 13.2 Å². The highest BCUT2D eigenvalue weighted by Crippen LogP contribution is 2.57. The Hall–Kier alpha value is -1.10. The quantitative estimate of drug-likeness (QED) is 0.546. The van der Waals surface area contributed by atoms with E-state index in [9.17, 15) is 9.59 Å². The van der Waals surface area contributed by atoms with Crippen LogP contribution in [-0.4, -0.2) is 50.7 Å². The number of rotatable bonds is 10. The van der Waals surface area contributed by atoms with Gasteiger partial charge in [-0.05, 0) is 95.7 Å². The van der Waals surface area contributed by atoms with Crippen molar-refractivity contribution in [2.75, 3.05) is 33.9 Å². The largest absolute Gasteiger partial charge is 0.465 e. The molecule has 4 aliphatic carbocycles. The van der Waals surface area contributed by atoms with Gasteiger partial charge in [0.15, 0.2) is 0 Å². The van der Waals surface area contributed by atoms with Crippen LogP contribution in [-0.2, 0) is 19.1 Å². The lowest BCUT2D eigenvalue weighted by Crippen LogP contribution is -2.45. The molecule has 0 aromatic heterocycles. The lowest BCUT2D eigenvalue weighted by molar-refractivity contribution is -0.151. The van der Waals surface area contributed by atoms with Crippen LogP contribution in [0.25, 0.3) is 0 Å². The van der Waals surface area contributed by atoms with Crippen molar-refractivity contribution in [3.8, 4) is 0 Å². The minimum Gasteiger partial charge on any atom is -0.465 e. The average molecular weight is 379 g/mol. The fraction of sp³-hybridized carbons (Fsp3) is 0.864. The molecule has 1 atom stereocenters. The summed E-state index contributed by atoms with van der Waals surface area (Å²) in [6.07, 6.45) is 8.50. The van der Waals surface area contributed by atoms with Gasteiger partial charge in [-0.15, -0.1) is 0 Å². The first-order valence-corrected chi connectivity index (χ1v) is 10.7. The lowest BCUT2D eigenvalue weighted by Gasteiger charge is -2.54. The molecule has 0 amide bonds. The van der Waals surface area contributed by atoms with Crippen molar-refractivity contribution in [2.45, 2.75) is 51.4 Å². The SMILES string of the molecule is [CH2]C(COC(=O)CCCN(C)C)COC(=O)CC1C2CC3CC(C2)CC1C3. The molecule has 4 aliphatic rings. The highest BCUT2D eigenvalue weighted by molar-refractivity contribution is 5.70. The maximum atomic E-state index is 12.3. The van der Waals surface area contributed by atoms with Crippen molar-refractivity contribution in [3.05, 3.63) is 6.92 Å². The van der Waals surface area contributed by atoms with Crippen molar-refractivity contribution in [2.24, 2.45) is 35.5 Å². The minimum absolute atomic E-state index is 0.0987. The molecule has 4 bridgehead atoms. The predicted octanol–water partition coefficient (Wildman–Crippen LogP) is 3.33. The fourth-order valence-corrected chi connectivity index (χ4v) is 5.70. The van der Waals surface area contributed by atoms with Gasteiger partial charge in [0.1, 0.15) is 0 Å². The normalized spacial score (nSPS) is 32.5. The Bertz CT molecular complexity index is 490. The Kier molecular flexibility index (Phi) is 7.18. The van der Waals surface area contributed by atoms with E-state index in [2.05, 4.69) is 6.92 Å². The second-order valence-electron chi connectivity index (χ2n) is 9.44. The maximum absolute atomic E-state index is 12.3. The molecule has 5 heteroatoms. The number of carbonyl (C=O) groups excluding carboxylic acids is 2. The number of hydrogen-bond acceptors (Lipinski definition) is 5. The Labute approximate surface area is 164 Å². The smallest absolute Gasteiger partial charge is 0.306 e. The molecule has 27 heavy (non-hydrogen) atoms. The summed E-state index contributed by atoms with van der Waals surface area (Å²) in [6, 6.07) is 0. The molecule has 153 valence electrons. The monoisotopic (exact) mass is 378 g/mol. The maximum Gasteiger partial charge on any atom is 0.306 e. The van der Waals surface area contributed by atoms with Gasteiger partial charge in [-0.1, -0.05) is 0 Å². The van der Waals surface area contributed by atoms with E-state index in [1.165, 1.54) is 32.1 Å². The van der Waals surface area contributed by atoms with Gasteiger partial charge in [0, 0.05) is 18.8 Å². The molecule has 0 spiro atoms. The van der Waals surface area contributed by atoms with E-state index in [0.717, 1.165) is 36.6 Å². The number of ether oxygens (including phenoxy) is 2. The highest BCUT2D eigenvalue weighted by atomic mass is 16.5. The molecular formula is C22H36NO4. The van der Waals surface area contributed by atoms with Crippen molar-refractivity contribution in [1.29, 1.82) is 0 Å². The molecular weight excluding hydrogens is 342 g/mol. The van der Waals surface area contributed by atoms with Crippen molar-refractivity contribution < 1.29 is 19.1 Å². The first-order chi connectivity index (χ1) is 12.9. The van der Waals surface area contributed by atoms with E-state index in [-0.39, 0.29) is 31.1 Å². The van der Waals surface area contributed by atoms with E-state index >= 15 is 0 Å². The van der Waals surface area contributed by atoms with E-state index < -0.39 is 0 Å². The van der Waals surface area contributed by atoms with Crippen LogP contribution in [0.2, 0.25) is 0 Å². The third-order valence-corrected chi connectivity index (χ3v) is 6.77. The van der Waals surface area contributed by atoms with Crippen LogP contribution in [0.4, 0.5) is 0 Å². The van der Waals surface area contributed by atoms with Crippen LogP contribution in [0.3, 0.4) is 0 Å². The number of carbonyl (C=O) groups is 2. The molecule has 4 fully saturated rings. The van der Waals surface area contributed by atoms with Gasteiger partial charge in [-0.25, -0.2) is 0 Å². The number of hydrogen-bond donors (Lipinski definition) is 0. The van der Waals surface area contributed by atoms with Gasteiger partial charge in [0.2, 0.25) is 0 Å². The third kappa shape index (κ3) is 5.94. The molecule has 0 aliphatic heterocycles. The first-order valence-electron chi connectivity index (χ1n) is 10.7. The topological polar surface area (TPSA) is 55.8 Å². The molecule has 1 radical (unpaired) electrons. The molecule has 0 aromatic rings. The summed E-state index contributed by atoms with van der Waals surface area (Å²) in [6.45, 7) is 5.26.